The molecule has 17 heavy (non-hydrogen) atoms. The predicted octanol–water partition coefficient (Wildman–Crippen LogP) is 1.70. The molecule has 0 saturated heterocycles. The van der Waals surface area contributed by atoms with Gasteiger partial charge in [-0.3, -0.25) is 4.79 Å². The van der Waals surface area contributed by atoms with E-state index < -0.39 is 0 Å². The molecule has 0 aromatic heterocycles. The number of hydrogen-bond acceptors (Lipinski definition) is 3. The molecule has 0 heterocycles. The predicted molar refractivity (Wildman–Crippen MR) is 71.1 cm³/mol. The maximum Gasteiger partial charge on any atom is 0.219 e. The van der Waals surface area contributed by atoms with Crippen molar-refractivity contribution in [3.05, 3.63) is 0 Å². The fourth-order valence-electron chi connectivity index (χ4n) is 1.19. The molecular formula is C13H28N2O2. The highest BCUT2D eigenvalue weighted by atomic mass is 16.5. The van der Waals surface area contributed by atoms with Gasteiger partial charge in [-0.05, 0) is 41.2 Å². The Morgan fingerprint density at radius 3 is 2.29 bits per heavy atom. The molecular weight excluding hydrogens is 216 g/mol. The van der Waals surface area contributed by atoms with Gasteiger partial charge in [-0.2, -0.15) is 0 Å². The van der Waals surface area contributed by atoms with Crippen molar-refractivity contribution in [3.63, 3.8) is 0 Å². The molecule has 0 saturated carbocycles. The number of amides is 1. The van der Waals surface area contributed by atoms with Crippen LogP contribution in [0.1, 0.15) is 47.5 Å². The Balaban J connectivity index is 3.89. The average molecular weight is 244 g/mol. The highest BCUT2D eigenvalue weighted by molar-refractivity contribution is 5.75. The van der Waals surface area contributed by atoms with Gasteiger partial charge in [-0.1, -0.05) is 6.92 Å². The van der Waals surface area contributed by atoms with E-state index in [0.717, 1.165) is 6.42 Å². The number of ether oxygens (including phenoxy) is 1. The summed E-state index contributed by atoms with van der Waals surface area (Å²) in [5.41, 5.74) is -0.225. The van der Waals surface area contributed by atoms with E-state index in [0.29, 0.717) is 19.6 Å². The molecule has 0 spiro atoms. The summed E-state index contributed by atoms with van der Waals surface area (Å²) < 4.78 is 5.81. The molecule has 102 valence electrons. The Labute approximate surface area is 105 Å². The van der Waals surface area contributed by atoms with Crippen LogP contribution in [0.25, 0.3) is 0 Å². The molecule has 0 atom stereocenters. The number of rotatable bonds is 8. The van der Waals surface area contributed by atoms with E-state index in [2.05, 4.69) is 24.5 Å². The zero-order chi connectivity index (χ0) is 13.5. The van der Waals surface area contributed by atoms with Gasteiger partial charge in [0.05, 0.1) is 5.60 Å². The highest BCUT2D eigenvalue weighted by Gasteiger charge is 2.21. The van der Waals surface area contributed by atoms with Crippen molar-refractivity contribution in [2.75, 3.05) is 20.2 Å². The molecule has 1 amide bonds. The molecule has 0 aromatic rings. The van der Waals surface area contributed by atoms with E-state index in [1.54, 1.807) is 0 Å². The topological polar surface area (TPSA) is 50.4 Å². The number of hydrogen-bond donors (Lipinski definition) is 2. The van der Waals surface area contributed by atoms with Gasteiger partial charge in [-0.25, -0.2) is 0 Å². The molecule has 4 nitrogen and oxygen atoms in total. The first-order valence-corrected chi connectivity index (χ1v) is 6.32. The minimum absolute atomic E-state index is 0.0669. The minimum Gasteiger partial charge on any atom is -0.374 e. The summed E-state index contributed by atoms with van der Waals surface area (Å²) in [6, 6.07) is 0. The van der Waals surface area contributed by atoms with Gasteiger partial charge in [0.2, 0.25) is 5.91 Å². The van der Waals surface area contributed by atoms with Crippen molar-refractivity contribution in [3.8, 4) is 0 Å². The normalized spacial score (nSPS) is 12.6. The van der Waals surface area contributed by atoms with Crippen LogP contribution in [0, 0.1) is 0 Å². The molecule has 0 rings (SSSR count). The number of carbonyl (C=O) groups excluding carboxylic acids is 1. The van der Waals surface area contributed by atoms with Crippen LogP contribution < -0.4 is 10.6 Å². The molecule has 0 unspecified atom stereocenters. The number of carbonyl (C=O) groups is 1. The summed E-state index contributed by atoms with van der Waals surface area (Å²) in [6.45, 7) is 11.4. The fraction of sp³-hybridized carbons (Fsp3) is 0.923. The first kappa shape index (κ1) is 16.4. The third-order valence-corrected chi connectivity index (χ3v) is 2.93. The van der Waals surface area contributed by atoms with Crippen LogP contribution in [0.2, 0.25) is 0 Å². The van der Waals surface area contributed by atoms with Crippen LogP contribution in [-0.4, -0.2) is 37.2 Å². The Bertz CT molecular complexity index is 238. The minimum atomic E-state index is -0.311. The summed E-state index contributed by atoms with van der Waals surface area (Å²) in [6.07, 6.45) is 1.46. The van der Waals surface area contributed by atoms with Crippen LogP contribution in [-0.2, 0) is 9.53 Å². The van der Waals surface area contributed by atoms with E-state index in [1.165, 1.54) is 0 Å². The Morgan fingerprint density at radius 2 is 1.82 bits per heavy atom. The van der Waals surface area contributed by atoms with Gasteiger partial charge in [0.15, 0.2) is 0 Å². The SMILES string of the molecule is CCC(=O)NCC(C)(C)OCCC(C)(C)NC. The summed E-state index contributed by atoms with van der Waals surface area (Å²) >= 11 is 0. The summed E-state index contributed by atoms with van der Waals surface area (Å²) in [5.74, 6) is 0.0669. The second-order valence-corrected chi connectivity index (χ2v) is 5.62. The lowest BCUT2D eigenvalue weighted by molar-refractivity contribution is -0.122. The van der Waals surface area contributed by atoms with E-state index >= 15 is 0 Å². The first-order valence-electron chi connectivity index (χ1n) is 6.32. The van der Waals surface area contributed by atoms with Crippen LogP contribution in [0.5, 0.6) is 0 Å². The molecule has 0 aliphatic heterocycles. The van der Waals surface area contributed by atoms with Crippen molar-refractivity contribution < 1.29 is 9.53 Å². The summed E-state index contributed by atoms with van der Waals surface area (Å²) in [7, 11) is 1.95. The second-order valence-electron chi connectivity index (χ2n) is 5.62. The van der Waals surface area contributed by atoms with Crippen LogP contribution >= 0.6 is 0 Å². The molecule has 0 aromatic carbocycles. The lowest BCUT2D eigenvalue weighted by Gasteiger charge is -2.29. The van der Waals surface area contributed by atoms with Gasteiger partial charge >= 0.3 is 0 Å². The number of nitrogens with one attached hydrogen (secondary N) is 2. The molecule has 2 N–H and O–H groups in total. The third kappa shape index (κ3) is 8.16. The van der Waals surface area contributed by atoms with Crippen molar-refractivity contribution in [2.45, 2.75) is 58.6 Å². The van der Waals surface area contributed by atoms with Gasteiger partial charge in [-0.15, -0.1) is 0 Å². The molecule has 0 radical (unpaired) electrons. The van der Waals surface area contributed by atoms with Crippen molar-refractivity contribution >= 4 is 5.91 Å². The summed E-state index contributed by atoms with van der Waals surface area (Å²) in [5, 5.41) is 6.09. The molecule has 0 fully saturated rings. The molecule has 0 aliphatic carbocycles. The van der Waals surface area contributed by atoms with Gasteiger partial charge in [0.1, 0.15) is 0 Å². The first-order chi connectivity index (χ1) is 7.72. The maximum absolute atomic E-state index is 11.2. The summed E-state index contributed by atoms with van der Waals surface area (Å²) in [4.78, 5) is 11.2. The van der Waals surface area contributed by atoms with Crippen LogP contribution in [0.4, 0.5) is 0 Å². The lowest BCUT2D eigenvalue weighted by Crippen LogP contribution is -2.42. The zero-order valence-electron chi connectivity index (χ0n) is 12.1. The standard InChI is InChI=1S/C13H28N2O2/c1-7-11(16)15-10-13(4,5)17-9-8-12(2,3)14-6/h14H,7-10H2,1-6H3,(H,15,16). The Kier molecular flexibility index (Phi) is 6.72. The zero-order valence-corrected chi connectivity index (χ0v) is 12.1. The molecule has 0 bridgehead atoms. The fourth-order valence-corrected chi connectivity index (χ4v) is 1.19. The van der Waals surface area contributed by atoms with Gasteiger partial charge in [0.25, 0.3) is 0 Å². The second kappa shape index (κ2) is 6.97. The van der Waals surface area contributed by atoms with E-state index in [9.17, 15) is 4.79 Å². The Hall–Kier alpha value is -0.610. The largest absolute Gasteiger partial charge is 0.374 e. The monoisotopic (exact) mass is 244 g/mol. The van der Waals surface area contributed by atoms with Crippen LogP contribution in [0.15, 0.2) is 0 Å². The lowest BCUT2D eigenvalue weighted by atomic mass is 10.0. The smallest absolute Gasteiger partial charge is 0.219 e. The quantitative estimate of drug-likeness (QED) is 0.683. The highest BCUT2D eigenvalue weighted by Crippen LogP contribution is 2.12. The van der Waals surface area contributed by atoms with Crippen LogP contribution in [0.3, 0.4) is 0 Å². The van der Waals surface area contributed by atoms with E-state index in [4.69, 9.17) is 4.74 Å². The average Bonchev–Trinajstić information content (AvgIpc) is 2.25. The van der Waals surface area contributed by atoms with Gasteiger partial charge < -0.3 is 15.4 Å². The molecule has 4 heteroatoms. The van der Waals surface area contributed by atoms with Crippen molar-refractivity contribution in [1.82, 2.24) is 10.6 Å². The van der Waals surface area contributed by atoms with E-state index in [-0.39, 0.29) is 17.0 Å². The third-order valence-electron chi connectivity index (χ3n) is 2.93. The van der Waals surface area contributed by atoms with Gasteiger partial charge in [0, 0.05) is 25.1 Å². The van der Waals surface area contributed by atoms with Crippen molar-refractivity contribution in [2.24, 2.45) is 0 Å². The van der Waals surface area contributed by atoms with E-state index in [1.807, 2.05) is 27.8 Å². The molecule has 0 aliphatic rings. The Morgan fingerprint density at radius 1 is 1.24 bits per heavy atom. The van der Waals surface area contributed by atoms with Crippen molar-refractivity contribution in [1.29, 1.82) is 0 Å². The maximum atomic E-state index is 11.2.